The molecule has 0 bridgehead atoms. The molecule has 0 unspecified atom stereocenters. The minimum absolute atomic E-state index is 0.132. The van der Waals surface area contributed by atoms with Crippen LogP contribution in [0.5, 0.6) is 0 Å². The lowest BCUT2D eigenvalue weighted by Crippen LogP contribution is -2.48. The topological polar surface area (TPSA) is 47.3 Å². The van der Waals surface area contributed by atoms with Crippen molar-refractivity contribution in [3.05, 3.63) is 21.4 Å². The van der Waals surface area contributed by atoms with Gasteiger partial charge in [0.05, 0.1) is 17.5 Å². The average molecular weight is 263 g/mol. The zero-order valence-electron chi connectivity index (χ0n) is 10.8. The van der Waals surface area contributed by atoms with E-state index in [4.69, 9.17) is 5.26 Å². The lowest BCUT2D eigenvalue weighted by atomic mass is 10.2. The molecule has 1 fully saturated rings. The first-order valence-electron chi connectivity index (χ1n) is 6.07. The quantitative estimate of drug-likeness (QED) is 0.762. The minimum Gasteiger partial charge on any atom is -0.335 e. The molecule has 0 N–H and O–H groups in total. The first-order chi connectivity index (χ1) is 8.61. The van der Waals surface area contributed by atoms with Crippen molar-refractivity contribution in [2.75, 3.05) is 32.7 Å². The molecule has 0 aliphatic carbocycles. The Bertz CT molecular complexity index is 461. The number of nitrogens with zero attached hydrogens (tertiary/aromatic N) is 3. The van der Waals surface area contributed by atoms with E-state index in [1.165, 1.54) is 10.4 Å². The highest BCUT2D eigenvalue weighted by molar-refractivity contribution is 7.14. The van der Waals surface area contributed by atoms with Gasteiger partial charge in [-0.25, -0.2) is 0 Å². The van der Waals surface area contributed by atoms with Gasteiger partial charge in [-0.05, 0) is 25.5 Å². The Balaban J connectivity index is 1.97. The Morgan fingerprint density at radius 2 is 2.06 bits per heavy atom. The van der Waals surface area contributed by atoms with Crippen molar-refractivity contribution in [3.8, 4) is 6.07 Å². The van der Waals surface area contributed by atoms with Crippen LogP contribution in [0.4, 0.5) is 0 Å². The molecule has 0 aromatic carbocycles. The monoisotopic (exact) mass is 263 g/mol. The number of rotatable bonds is 2. The Morgan fingerprint density at radius 3 is 2.56 bits per heavy atom. The van der Waals surface area contributed by atoms with E-state index in [9.17, 15) is 4.79 Å². The van der Waals surface area contributed by atoms with E-state index in [1.54, 1.807) is 11.3 Å². The molecule has 4 nitrogen and oxygen atoms in total. The Kier molecular flexibility index (Phi) is 4.00. The third-order valence-electron chi connectivity index (χ3n) is 3.33. The second kappa shape index (κ2) is 5.51. The highest BCUT2D eigenvalue weighted by Gasteiger charge is 2.23. The van der Waals surface area contributed by atoms with Crippen LogP contribution in [0.3, 0.4) is 0 Å². The molecular formula is C13H17N3OS. The van der Waals surface area contributed by atoms with E-state index in [0.717, 1.165) is 31.1 Å². The van der Waals surface area contributed by atoms with Crippen LogP contribution >= 0.6 is 11.3 Å². The maximum Gasteiger partial charge on any atom is 0.264 e. The van der Waals surface area contributed by atoms with Gasteiger partial charge in [-0.15, -0.1) is 11.3 Å². The highest BCUT2D eigenvalue weighted by Crippen LogP contribution is 2.22. The van der Waals surface area contributed by atoms with E-state index in [0.29, 0.717) is 6.54 Å². The van der Waals surface area contributed by atoms with Gasteiger partial charge in [0.15, 0.2) is 0 Å². The van der Waals surface area contributed by atoms with E-state index in [-0.39, 0.29) is 5.91 Å². The summed E-state index contributed by atoms with van der Waals surface area (Å²) >= 11 is 1.57. The Labute approximate surface area is 111 Å². The van der Waals surface area contributed by atoms with Gasteiger partial charge in [0.25, 0.3) is 5.91 Å². The highest BCUT2D eigenvalue weighted by atomic mass is 32.1. The van der Waals surface area contributed by atoms with Crippen molar-refractivity contribution in [2.45, 2.75) is 13.8 Å². The Hall–Kier alpha value is -1.38. The first-order valence-corrected chi connectivity index (χ1v) is 6.89. The summed E-state index contributed by atoms with van der Waals surface area (Å²) in [6.07, 6.45) is 0. The lowest BCUT2D eigenvalue weighted by molar-refractivity contribution is 0.0656. The van der Waals surface area contributed by atoms with Crippen molar-refractivity contribution in [2.24, 2.45) is 0 Å². The van der Waals surface area contributed by atoms with Gasteiger partial charge in [-0.1, -0.05) is 0 Å². The minimum atomic E-state index is 0.132. The molecule has 1 aliphatic rings. The van der Waals surface area contributed by atoms with Crippen LogP contribution in [0, 0.1) is 25.2 Å². The van der Waals surface area contributed by atoms with Gasteiger partial charge in [-0.2, -0.15) is 5.26 Å². The summed E-state index contributed by atoms with van der Waals surface area (Å²) in [5.41, 5.74) is 1.19. The summed E-state index contributed by atoms with van der Waals surface area (Å²) in [5, 5.41) is 8.63. The summed E-state index contributed by atoms with van der Waals surface area (Å²) < 4.78 is 0. The SMILES string of the molecule is Cc1cc(C(=O)N2CCN(CC#N)CC2)sc1C. The van der Waals surface area contributed by atoms with Crippen LogP contribution in [0.25, 0.3) is 0 Å². The molecule has 0 radical (unpaired) electrons. The number of carbonyl (C=O) groups is 1. The number of amides is 1. The van der Waals surface area contributed by atoms with Gasteiger partial charge in [0.1, 0.15) is 0 Å². The molecule has 0 atom stereocenters. The van der Waals surface area contributed by atoms with E-state index in [1.807, 2.05) is 24.8 Å². The molecule has 1 aliphatic heterocycles. The molecule has 1 aromatic heterocycles. The van der Waals surface area contributed by atoms with Gasteiger partial charge in [0.2, 0.25) is 0 Å². The maximum atomic E-state index is 12.3. The van der Waals surface area contributed by atoms with E-state index < -0.39 is 0 Å². The van der Waals surface area contributed by atoms with Crippen molar-refractivity contribution < 1.29 is 4.79 Å². The number of hydrogen-bond donors (Lipinski definition) is 0. The van der Waals surface area contributed by atoms with E-state index in [2.05, 4.69) is 11.0 Å². The summed E-state index contributed by atoms with van der Waals surface area (Å²) in [6.45, 7) is 7.56. The number of piperazine rings is 1. The largest absolute Gasteiger partial charge is 0.335 e. The summed E-state index contributed by atoms with van der Waals surface area (Å²) in [5.74, 6) is 0.132. The lowest BCUT2D eigenvalue weighted by Gasteiger charge is -2.33. The first kappa shape index (κ1) is 13.1. The third kappa shape index (κ3) is 2.71. The number of nitriles is 1. The molecule has 2 heterocycles. The van der Waals surface area contributed by atoms with Crippen LogP contribution in [-0.4, -0.2) is 48.4 Å². The molecule has 5 heteroatoms. The fourth-order valence-corrected chi connectivity index (χ4v) is 3.05. The second-order valence-corrected chi connectivity index (χ2v) is 5.83. The molecular weight excluding hydrogens is 246 g/mol. The molecule has 1 aromatic rings. The summed E-state index contributed by atoms with van der Waals surface area (Å²) in [6, 6.07) is 4.12. The van der Waals surface area contributed by atoms with Crippen LogP contribution in [0.1, 0.15) is 20.1 Å². The van der Waals surface area contributed by atoms with Crippen LogP contribution in [0.2, 0.25) is 0 Å². The zero-order valence-corrected chi connectivity index (χ0v) is 11.6. The van der Waals surface area contributed by atoms with Gasteiger partial charge in [-0.3, -0.25) is 9.69 Å². The van der Waals surface area contributed by atoms with Crippen molar-refractivity contribution in [3.63, 3.8) is 0 Å². The molecule has 0 saturated carbocycles. The van der Waals surface area contributed by atoms with Crippen molar-refractivity contribution in [1.29, 1.82) is 5.26 Å². The molecule has 0 spiro atoms. The maximum absolute atomic E-state index is 12.3. The summed E-state index contributed by atoms with van der Waals surface area (Å²) in [7, 11) is 0. The van der Waals surface area contributed by atoms with Gasteiger partial charge >= 0.3 is 0 Å². The molecule has 1 saturated heterocycles. The molecule has 2 rings (SSSR count). The third-order valence-corrected chi connectivity index (χ3v) is 4.47. The fraction of sp³-hybridized carbons (Fsp3) is 0.538. The van der Waals surface area contributed by atoms with E-state index >= 15 is 0 Å². The van der Waals surface area contributed by atoms with Crippen molar-refractivity contribution >= 4 is 17.2 Å². The van der Waals surface area contributed by atoms with Gasteiger partial charge in [0, 0.05) is 31.1 Å². The average Bonchev–Trinajstić information content (AvgIpc) is 2.70. The normalized spacial score (nSPS) is 16.6. The fourth-order valence-electron chi connectivity index (χ4n) is 2.04. The number of hydrogen-bond acceptors (Lipinski definition) is 4. The standard InChI is InChI=1S/C13H17N3OS/c1-10-9-12(18-11(10)2)13(17)16-7-5-15(4-3-14)6-8-16/h9H,4-8H2,1-2H3. The number of aryl methyl sites for hydroxylation is 2. The number of carbonyl (C=O) groups excluding carboxylic acids is 1. The van der Waals surface area contributed by atoms with Crippen LogP contribution < -0.4 is 0 Å². The summed E-state index contributed by atoms with van der Waals surface area (Å²) in [4.78, 5) is 18.3. The molecule has 1 amide bonds. The van der Waals surface area contributed by atoms with Crippen LogP contribution in [-0.2, 0) is 0 Å². The second-order valence-electron chi connectivity index (χ2n) is 4.58. The van der Waals surface area contributed by atoms with Gasteiger partial charge < -0.3 is 4.90 Å². The number of thiophene rings is 1. The molecule has 18 heavy (non-hydrogen) atoms. The predicted molar refractivity (Wildman–Crippen MR) is 71.7 cm³/mol. The zero-order chi connectivity index (χ0) is 13.1. The Morgan fingerprint density at radius 1 is 1.39 bits per heavy atom. The predicted octanol–water partition coefficient (Wildman–Crippen LogP) is 1.65. The molecule has 96 valence electrons. The van der Waals surface area contributed by atoms with Crippen molar-refractivity contribution in [1.82, 2.24) is 9.80 Å². The van der Waals surface area contributed by atoms with Crippen LogP contribution in [0.15, 0.2) is 6.07 Å². The smallest absolute Gasteiger partial charge is 0.264 e.